The van der Waals surface area contributed by atoms with Gasteiger partial charge in [-0.15, -0.1) is 0 Å². The normalized spacial score (nSPS) is 23.3. The molecule has 0 aliphatic carbocycles. The van der Waals surface area contributed by atoms with Gasteiger partial charge in [0, 0.05) is 39.3 Å². The van der Waals surface area contributed by atoms with E-state index in [-0.39, 0.29) is 6.10 Å². The molecule has 2 fully saturated rings. The quantitative estimate of drug-likeness (QED) is 0.832. The van der Waals surface area contributed by atoms with Gasteiger partial charge in [0.25, 0.3) is 0 Å². The summed E-state index contributed by atoms with van der Waals surface area (Å²) in [5, 5.41) is 0. The maximum absolute atomic E-state index is 5.97. The zero-order valence-corrected chi connectivity index (χ0v) is 14.5. The maximum atomic E-state index is 5.97. The highest BCUT2D eigenvalue weighted by atomic mass is 16.5. The summed E-state index contributed by atoms with van der Waals surface area (Å²) in [6.45, 7) is 10.5. The van der Waals surface area contributed by atoms with Gasteiger partial charge < -0.3 is 14.4 Å². The molecule has 0 bridgehead atoms. The standard InChI is InChI=1S/C19H30N2O2/c1-16(2)23-19-9-4-3-8-18(19)21-12-10-20(11-13-21)15-17-7-5-6-14-22-17/h3-4,8-9,16-17H,5-7,10-15H2,1-2H3/t17-/m0/s1. The Morgan fingerprint density at radius 2 is 1.91 bits per heavy atom. The Morgan fingerprint density at radius 1 is 1.13 bits per heavy atom. The predicted octanol–water partition coefficient (Wildman–Crippen LogP) is 3.16. The van der Waals surface area contributed by atoms with Crippen LogP contribution in [0.4, 0.5) is 5.69 Å². The van der Waals surface area contributed by atoms with E-state index in [2.05, 4.69) is 47.9 Å². The number of hydrogen-bond acceptors (Lipinski definition) is 4. The van der Waals surface area contributed by atoms with Crippen LogP contribution in [0.25, 0.3) is 0 Å². The molecule has 1 aromatic rings. The Balaban J connectivity index is 1.54. The highest BCUT2D eigenvalue weighted by Crippen LogP contribution is 2.29. The van der Waals surface area contributed by atoms with Crippen molar-refractivity contribution in [2.24, 2.45) is 0 Å². The number of hydrogen-bond donors (Lipinski definition) is 0. The average molecular weight is 318 g/mol. The number of anilines is 1. The van der Waals surface area contributed by atoms with Gasteiger partial charge in [-0.3, -0.25) is 4.90 Å². The summed E-state index contributed by atoms with van der Waals surface area (Å²) >= 11 is 0. The second kappa shape index (κ2) is 8.02. The van der Waals surface area contributed by atoms with Crippen LogP contribution >= 0.6 is 0 Å². The van der Waals surface area contributed by atoms with E-state index < -0.39 is 0 Å². The van der Waals surface area contributed by atoms with Gasteiger partial charge in [-0.2, -0.15) is 0 Å². The van der Waals surface area contributed by atoms with Crippen LogP contribution in [0.3, 0.4) is 0 Å². The number of benzene rings is 1. The van der Waals surface area contributed by atoms with Crippen LogP contribution in [0.5, 0.6) is 5.75 Å². The maximum Gasteiger partial charge on any atom is 0.142 e. The van der Waals surface area contributed by atoms with Crippen molar-refractivity contribution in [3.05, 3.63) is 24.3 Å². The molecule has 0 unspecified atom stereocenters. The molecule has 0 aromatic heterocycles. The molecule has 0 N–H and O–H groups in total. The van der Waals surface area contributed by atoms with Crippen molar-refractivity contribution in [2.75, 3.05) is 44.2 Å². The Kier molecular flexibility index (Phi) is 5.79. The minimum absolute atomic E-state index is 0.209. The number of ether oxygens (including phenoxy) is 2. The van der Waals surface area contributed by atoms with Crippen LogP contribution in [0.15, 0.2) is 24.3 Å². The van der Waals surface area contributed by atoms with Crippen LogP contribution in [0, 0.1) is 0 Å². The predicted molar refractivity (Wildman–Crippen MR) is 94.5 cm³/mol. The van der Waals surface area contributed by atoms with E-state index in [4.69, 9.17) is 9.47 Å². The molecule has 0 spiro atoms. The first-order valence-corrected chi connectivity index (χ1v) is 9.07. The Labute approximate surface area is 140 Å². The zero-order valence-electron chi connectivity index (χ0n) is 14.5. The fourth-order valence-corrected chi connectivity index (χ4v) is 3.48. The molecule has 2 saturated heterocycles. The smallest absolute Gasteiger partial charge is 0.142 e. The first-order valence-electron chi connectivity index (χ1n) is 9.07. The molecule has 0 radical (unpaired) electrons. The lowest BCUT2D eigenvalue weighted by Gasteiger charge is -2.38. The van der Waals surface area contributed by atoms with Gasteiger partial charge in [0.2, 0.25) is 0 Å². The van der Waals surface area contributed by atoms with E-state index >= 15 is 0 Å². The molecule has 2 heterocycles. The summed E-state index contributed by atoms with van der Waals surface area (Å²) in [5.41, 5.74) is 1.23. The fourth-order valence-electron chi connectivity index (χ4n) is 3.48. The largest absolute Gasteiger partial charge is 0.489 e. The lowest BCUT2D eigenvalue weighted by Crippen LogP contribution is -2.49. The first-order chi connectivity index (χ1) is 11.2. The molecule has 2 aliphatic rings. The average Bonchev–Trinajstić information content (AvgIpc) is 2.57. The summed E-state index contributed by atoms with van der Waals surface area (Å²) in [7, 11) is 0. The molecule has 1 aromatic carbocycles. The third kappa shape index (κ3) is 4.61. The SMILES string of the molecule is CC(C)Oc1ccccc1N1CCN(C[C@@H]2CCCCO2)CC1. The number of piperazine rings is 1. The van der Waals surface area contributed by atoms with Gasteiger partial charge in [-0.25, -0.2) is 0 Å². The Bertz CT molecular complexity index is 478. The minimum atomic E-state index is 0.209. The van der Waals surface area contributed by atoms with E-state index in [0.29, 0.717) is 6.10 Å². The van der Waals surface area contributed by atoms with Crippen molar-refractivity contribution in [1.82, 2.24) is 4.90 Å². The number of nitrogens with zero attached hydrogens (tertiary/aromatic N) is 2. The lowest BCUT2D eigenvalue weighted by molar-refractivity contribution is -0.00646. The van der Waals surface area contributed by atoms with Crippen LogP contribution in [-0.2, 0) is 4.74 Å². The van der Waals surface area contributed by atoms with Gasteiger partial charge in [0.05, 0.1) is 17.9 Å². The molecule has 1 atom stereocenters. The van der Waals surface area contributed by atoms with E-state index in [0.717, 1.165) is 45.1 Å². The van der Waals surface area contributed by atoms with Crippen LogP contribution in [0.1, 0.15) is 33.1 Å². The van der Waals surface area contributed by atoms with Crippen LogP contribution < -0.4 is 9.64 Å². The van der Waals surface area contributed by atoms with Crippen molar-refractivity contribution >= 4 is 5.69 Å². The van der Waals surface area contributed by atoms with E-state index in [1.54, 1.807) is 0 Å². The third-order valence-corrected chi connectivity index (χ3v) is 4.68. The second-order valence-electron chi connectivity index (χ2n) is 6.91. The summed E-state index contributed by atoms with van der Waals surface area (Å²) in [4.78, 5) is 5.01. The van der Waals surface area contributed by atoms with E-state index in [9.17, 15) is 0 Å². The molecule has 0 saturated carbocycles. The molecular formula is C19H30N2O2. The minimum Gasteiger partial charge on any atom is -0.489 e. The van der Waals surface area contributed by atoms with Crippen LogP contribution in [0.2, 0.25) is 0 Å². The highest BCUT2D eigenvalue weighted by Gasteiger charge is 2.23. The highest BCUT2D eigenvalue weighted by molar-refractivity contribution is 5.58. The first kappa shape index (κ1) is 16.6. The third-order valence-electron chi connectivity index (χ3n) is 4.68. The summed E-state index contributed by atoms with van der Waals surface area (Å²) in [6.07, 6.45) is 4.44. The fraction of sp³-hybridized carbons (Fsp3) is 0.684. The Hall–Kier alpha value is -1.26. The number of para-hydroxylation sites is 2. The molecule has 4 heteroatoms. The molecule has 0 amide bonds. The van der Waals surface area contributed by atoms with Gasteiger partial charge in [-0.1, -0.05) is 12.1 Å². The molecule has 128 valence electrons. The van der Waals surface area contributed by atoms with E-state index in [1.807, 2.05) is 0 Å². The van der Waals surface area contributed by atoms with Crippen molar-refractivity contribution in [3.8, 4) is 5.75 Å². The summed E-state index contributed by atoms with van der Waals surface area (Å²) < 4.78 is 11.9. The van der Waals surface area contributed by atoms with Gasteiger partial charge in [0.15, 0.2) is 0 Å². The molecule has 2 aliphatic heterocycles. The number of rotatable bonds is 5. The molecular weight excluding hydrogens is 288 g/mol. The lowest BCUT2D eigenvalue weighted by atomic mass is 10.1. The van der Waals surface area contributed by atoms with Gasteiger partial charge in [0.1, 0.15) is 5.75 Å². The van der Waals surface area contributed by atoms with Crippen molar-refractivity contribution in [1.29, 1.82) is 0 Å². The molecule has 23 heavy (non-hydrogen) atoms. The van der Waals surface area contributed by atoms with Gasteiger partial charge >= 0.3 is 0 Å². The van der Waals surface area contributed by atoms with E-state index in [1.165, 1.54) is 24.9 Å². The topological polar surface area (TPSA) is 24.9 Å². The van der Waals surface area contributed by atoms with Crippen LogP contribution in [-0.4, -0.2) is 56.4 Å². The Morgan fingerprint density at radius 3 is 2.61 bits per heavy atom. The molecule has 4 nitrogen and oxygen atoms in total. The second-order valence-corrected chi connectivity index (χ2v) is 6.91. The van der Waals surface area contributed by atoms with Crippen molar-refractivity contribution < 1.29 is 9.47 Å². The summed E-state index contributed by atoms with van der Waals surface area (Å²) in [6, 6.07) is 8.41. The monoisotopic (exact) mass is 318 g/mol. The molecule has 3 rings (SSSR count). The zero-order chi connectivity index (χ0) is 16.1. The summed E-state index contributed by atoms with van der Waals surface area (Å²) in [5.74, 6) is 1.01. The van der Waals surface area contributed by atoms with Crippen molar-refractivity contribution in [2.45, 2.75) is 45.3 Å². The van der Waals surface area contributed by atoms with Crippen molar-refractivity contribution in [3.63, 3.8) is 0 Å². The van der Waals surface area contributed by atoms with Gasteiger partial charge in [-0.05, 0) is 45.2 Å².